The van der Waals surface area contributed by atoms with Crippen molar-refractivity contribution in [1.82, 2.24) is 15.1 Å². The molecular formula is C11H18N4O3S. The van der Waals surface area contributed by atoms with E-state index in [1.165, 1.54) is 10.9 Å². The summed E-state index contributed by atoms with van der Waals surface area (Å²) in [4.78, 5) is 12.1. The molecule has 106 valence electrons. The van der Waals surface area contributed by atoms with E-state index in [1.807, 2.05) is 6.92 Å². The van der Waals surface area contributed by atoms with Crippen LogP contribution in [0.2, 0.25) is 0 Å². The number of amides is 1. The fourth-order valence-electron chi connectivity index (χ4n) is 2.28. The highest BCUT2D eigenvalue weighted by Crippen LogP contribution is 2.15. The van der Waals surface area contributed by atoms with Gasteiger partial charge in [-0.05, 0) is 19.8 Å². The van der Waals surface area contributed by atoms with E-state index in [0.717, 1.165) is 0 Å². The lowest BCUT2D eigenvalue weighted by molar-refractivity contribution is 0.0928. The molecule has 1 fully saturated rings. The molecule has 0 spiro atoms. The molecule has 3 N–H and O–H groups in total. The number of hydrogen-bond donors (Lipinski definition) is 2. The Morgan fingerprint density at radius 3 is 3.00 bits per heavy atom. The average Bonchev–Trinajstić information content (AvgIpc) is 2.69. The number of hydrogen-bond acceptors (Lipinski definition) is 5. The molecule has 7 nitrogen and oxygen atoms in total. The van der Waals surface area contributed by atoms with Crippen molar-refractivity contribution in [3.63, 3.8) is 0 Å². The molecular weight excluding hydrogens is 268 g/mol. The molecule has 1 unspecified atom stereocenters. The number of aromatic nitrogens is 2. The van der Waals surface area contributed by atoms with Crippen LogP contribution in [0.5, 0.6) is 0 Å². The SMILES string of the molecule is CCn1ncc(N)c1C(=O)NC1CCCS(=O)(=O)C1. The molecule has 8 heteroatoms. The lowest BCUT2D eigenvalue weighted by Gasteiger charge is -2.23. The van der Waals surface area contributed by atoms with Crippen LogP contribution < -0.4 is 11.1 Å². The molecule has 1 aromatic heterocycles. The first-order valence-corrected chi connectivity index (χ1v) is 8.07. The highest BCUT2D eigenvalue weighted by Gasteiger charge is 2.27. The van der Waals surface area contributed by atoms with Crippen LogP contribution >= 0.6 is 0 Å². The zero-order valence-electron chi connectivity index (χ0n) is 10.8. The third-order valence-corrected chi connectivity index (χ3v) is 5.00. The van der Waals surface area contributed by atoms with Crippen molar-refractivity contribution in [3.8, 4) is 0 Å². The van der Waals surface area contributed by atoms with Gasteiger partial charge in [0, 0.05) is 12.6 Å². The molecule has 1 aliphatic rings. The number of rotatable bonds is 3. The summed E-state index contributed by atoms with van der Waals surface area (Å²) in [5.41, 5.74) is 6.31. The molecule has 0 radical (unpaired) electrons. The average molecular weight is 286 g/mol. The second-order valence-corrected chi connectivity index (χ2v) is 6.92. The van der Waals surface area contributed by atoms with E-state index in [0.29, 0.717) is 30.8 Å². The maximum absolute atomic E-state index is 12.1. The Morgan fingerprint density at radius 1 is 1.63 bits per heavy atom. The van der Waals surface area contributed by atoms with Gasteiger partial charge in [-0.2, -0.15) is 5.10 Å². The molecule has 0 aliphatic carbocycles. The van der Waals surface area contributed by atoms with Gasteiger partial charge < -0.3 is 11.1 Å². The van der Waals surface area contributed by atoms with E-state index >= 15 is 0 Å². The summed E-state index contributed by atoms with van der Waals surface area (Å²) in [6, 6.07) is -0.342. The molecule has 2 rings (SSSR count). The van der Waals surface area contributed by atoms with Gasteiger partial charge in [-0.1, -0.05) is 0 Å². The Kier molecular flexibility index (Phi) is 3.79. The minimum absolute atomic E-state index is 0.00108. The summed E-state index contributed by atoms with van der Waals surface area (Å²) in [5, 5.41) is 6.72. The van der Waals surface area contributed by atoms with Crippen LogP contribution in [0.25, 0.3) is 0 Å². The molecule has 0 aromatic carbocycles. The fraction of sp³-hybridized carbons (Fsp3) is 0.636. The van der Waals surface area contributed by atoms with Crippen LogP contribution in [0.4, 0.5) is 5.69 Å². The van der Waals surface area contributed by atoms with Crippen molar-refractivity contribution in [1.29, 1.82) is 0 Å². The van der Waals surface area contributed by atoms with Gasteiger partial charge in [0.25, 0.3) is 5.91 Å². The Bertz CT molecular complexity index is 579. The predicted molar refractivity (Wildman–Crippen MR) is 71.5 cm³/mol. The number of sulfone groups is 1. The second-order valence-electron chi connectivity index (χ2n) is 4.69. The van der Waals surface area contributed by atoms with Gasteiger partial charge in [-0.15, -0.1) is 0 Å². The minimum Gasteiger partial charge on any atom is -0.396 e. The van der Waals surface area contributed by atoms with Crippen molar-refractivity contribution in [2.45, 2.75) is 32.4 Å². The second kappa shape index (κ2) is 5.20. The lowest BCUT2D eigenvalue weighted by atomic mass is 10.2. The molecule has 19 heavy (non-hydrogen) atoms. The predicted octanol–water partition coefficient (Wildman–Crippen LogP) is -0.208. The van der Waals surface area contributed by atoms with E-state index in [4.69, 9.17) is 5.73 Å². The van der Waals surface area contributed by atoms with E-state index in [2.05, 4.69) is 10.4 Å². The Hall–Kier alpha value is -1.57. The fourth-order valence-corrected chi connectivity index (χ4v) is 3.91. The topological polar surface area (TPSA) is 107 Å². The van der Waals surface area contributed by atoms with E-state index in [-0.39, 0.29) is 23.5 Å². The van der Waals surface area contributed by atoms with Crippen LogP contribution in [0.1, 0.15) is 30.3 Å². The number of nitrogen functional groups attached to an aromatic ring is 1. The first-order chi connectivity index (χ1) is 8.93. The first-order valence-electron chi connectivity index (χ1n) is 6.25. The Labute approximate surface area is 112 Å². The van der Waals surface area contributed by atoms with E-state index in [1.54, 1.807) is 0 Å². The lowest BCUT2D eigenvalue weighted by Crippen LogP contribution is -2.43. The molecule has 1 aliphatic heterocycles. The zero-order valence-corrected chi connectivity index (χ0v) is 11.6. The molecule has 1 saturated heterocycles. The van der Waals surface area contributed by atoms with Crippen LogP contribution in [0.3, 0.4) is 0 Å². The quantitative estimate of drug-likeness (QED) is 0.799. The van der Waals surface area contributed by atoms with Gasteiger partial charge in [0.1, 0.15) is 5.69 Å². The summed E-state index contributed by atoms with van der Waals surface area (Å²) in [7, 11) is -3.04. The summed E-state index contributed by atoms with van der Waals surface area (Å²) in [5.74, 6) is -0.160. The number of anilines is 1. The number of nitrogens with two attached hydrogens (primary N) is 1. The van der Waals surface area contributed by atoms with Crippen LogP contribution in [0, 0.1) is 0 Å². The van der Waals surface area contributed by atoms with Crippen LogP contribution in [-0.4, -0.2) is 41.7 Å². The molecule has 0 bridgehead atoms. The summed E-state index contributed by atoms with van der Waals surface area (Å²) in [6.07, 6.45) is 2.68. The van der Waals surface area contributed by atoms with E-state index in [9.17, 15) is 13.2 Å². The van der Waals surface area contributed by atoms with Gasteiger partial charge in [0.2, 0.25) is 0 Å². The van der Waals surface area contributed by atoms with Crippen molar-refractivity contribution in [2.75, 3.05) is 17.2 Å². The van der Waals surface area contributed by atoms with Crippen molar-refractivity contribution in [3.05, 3.63) is 11.9 Å². The van der Waals surface area contributed by atoms with Gasteiger partial charge in [-0.3, -0.25) is 9.48 Å². The monoisotopic (exact) mass is 286 g/mol. The Balaban J connectivity index is 2.11. The number of nitrogens with zero attached hydrogens (tertiary/aromatic N) is 2. The van der Waals surface area contributed by atoms with Gasteiger partial charge in [0.15, 0.2) is 9.84 Å². The number of nitrogens with one attached hydrogen (secondary N) is 1. The molecule has 1 aromatic rings. The smallest absolute Gasteiger partial charge is 0.271 e. The third kappa shape index (κ3) is 3.06. The van der Waals surface area contributed by atoms with Crippen molar-refractivity contribution < 1.29 is 13.2 Å². The number of aryl methyl sites for hydroxylation is 1. The standard InChI is InChI=1S/C11H18N4O3S/c1-2-15-10(9(12)6-13-15)11(16)14-8-4-3-5-19(17,18)7-8/h6,8H,2-5,7,12H2,1H3,(H,14,16). The molecule has 1 amide bonds. The first kappa shape index (κ1) is 13.9. The van der Waals surface area contributed by atoms with Gasteiger partial charge in [-0.25, -0.2) is 8.42 Å². The van der Waals surface area contributed by atoms with Crippen molar-refractivity contribution >= 4 is 21.4 Å². The molecule has 0 saturated carbocycles. The summed E-state index contributed by atoms with van der Waals surface area (Å²) < 4.78 is 24.6. The van der Waals surface area contributed by atoms with Crippen LogP contribution in [-0.2, 0) is 16.4 Å². The maximum atomic E-state index is 12.1. The number of carbonyl (C=O) groups is 1. The van der Waals surface area contributed by atoms with Crippen molar-refractivity contribution in [2.24, 2.45) is 0 Å². The third-order valence-electron chi connectivity index (χ3n) is 3.18. The van der Waals surface area contributed by atoms with E-state index < -0.39 is 9.84 Å². The largest absolute Gasteiger partial charge is 0.396 e. The Morgan fingerprint density at radius 2 is 2.37 bits per heavy atom. The van der Waals surface area contributed by atoms with Gasteiger partial charge >= 0.3 is 0 Å². The van der Waals surface area contributed by atoms with Crippen LogP contribution in [0.15, 0.2) is 6.20 Å². The molecule has 2 heterocycles. The molecule has 1 atom stereocenters. The number of carbonyl (C=O) groups excluding carboxylic acids is 1. The maximum Gasteiger partial charge on any atom is 0.271 e. The minimum atomic E-state index is -3.04. The van der Waals surface area contributed by atoms with Gasteiger partial charge in [0.05, 0.1) is 23.4 Å². The highest BCUT2D eigenvalue weighted by molar-refractivity contribution is 7.91. The normalized spacial score (nSPS) is 22.1. The highest BCUT2D eigenvalue weighted by atomic mass is 32.2. The summed E-state index contributed by atoms with van der Waals surface area (Å²) in [6.45, 7) is 2.39. The summed E-state index contributed by atoms with van der Waals surface area (Å²) >= 11 is 0. The zero-order chi connectivity index (χ0) is 14.0.